The Bertz CT molecular complexity index is 953. The summed E-state index contributed by atoms with van der Waals surface area (Å²) in [6.07, 6.45) is 12.1. The van der Waals surface area contributed by atoms with Crippen LogP contribution in [0.2, 0.25) is 0 Å². The van der Waals surface area contributed by atoms with Crippen LogP contribution in [0.5, 0.6) is 0 Å². The van der Waals surface area contributed by atoms with E-state index in [4.69, 9.17) is 23.7 Å². The predicted octanol–water partition coefficient (Wildman–Crippen LogP) is 7.37. The van der Waals surface area contributed by atoms with Gasteiger partial charge in [0.25, 0.3) is 0 Å². The molecule has 0 radical (unpaired) electrons. The summed E-state index contributed by atoms with van der Waals surface area (Å²) < 4.78 is 26.4. The van der Waals surface area contributed by atoms with Gasteiger partial charge in [0.2, 0.25) is 0 Å². The van der Waals surface area contributed by atoms with E-state index in [1.165, 1.54) is 77.9 Å². The van der Waals surface area contributed by atoms with Crippen molar-refractivity contribution < 1.29 is 47.7 Å². The third-order valence-corrected chi connectivity index (χ3v) is 8.25. The van der Waals surface area contributed by atoms with E-state index in [0.29, 0.717) is 25.8 Å². The van der Waals surface area contributed by atoms with Crippen LogP contribution in [0.3, 0.4) is 0 Å². The molecule has 0 aromatic rings. The van der Waals surface area contributed by atoms with Gasteiger partial charge in [-0.1, -0.05) is 78.1 Å². The minimum Gasteiger partial charge on any atom is -0.452 e. The molecule has 0 aromatic heterocycles. The van der Waals surface area contributed by atoms with Crippen LogP contribution in [0.25, 0.3) is 0 Å². The van der Waals surface area contributed by atoms with Gasteiger partial charge in [0, 0.05) is 34.2 Å². The van der Waals surface area contributed by atoms with Crippen molar-refractivity contribution in [3.05, 3.63) is 0 Å². The molecule has 0 aliphatic heterocycles. The Balaban J connectivity index is 0. The first-order valence-corrected chi connectivity index (χ1v) is 19.1. The molecule has 0 fully saturated rings. The number of Topliss-reactive ketones (excluding diaryl/α,β-unsaturated/α-hetero) is 2. The topological polar surface area (TPSA) is 147 Å². The van der Waals surface area contributed by atoms with Crippen molar-refractivity contribution in [2.24, 2.45) is 0 Å². The predicted molar refractivity (Wildman–Crippen MR) is 201 cm³/mol. The minimum atomic E-state index is -0.841. The van der Waals surface area contributed by atoms with Gasteiger partial charge >= 0.3 is 18.0 Å². The first-order chi connectivity index (χ1) is 24.1. The van der Waals surface area contributed by atoms with Crippen LogP contribution in [0.1, 0.15) is 151 Å². The number of nitrogens with one attached hydrogen (secondary N) is 1. The van der Waals surface area contributed by atoms with E-state index >= 15 is 0 Å². The van der Waals surface area contributed by atoms with E-state index < -0.39 is 48.0 Å². The lowest BCUT2D eigenvalue weighted by Crippen LogP contribution is -2.38. The molecule has 0 spiro atoms. The fraction of sp³-hybridized carbons (Fsp3) is 0.872. The van der Waals surface area contributed by atoms with Crippen molar-refractivity contribution in [3.63, 3.8) is 0 Å². The zero-order valence-electron chi connectivity index (χ0n) is 34.1. The zero-order valence-corrected chi connectivity index (χ0v) is 34.1. The molecule has 0 aromatic carbocycles. The van der Waals surface area contributed by atoms with Gasteiger partial charge in [-0.3, -0.25) is 9.59 Å². The largest absolute Gasteiger partial charge is 0.452 e. The average molecular weight is 731 g/mol. The van der Waals surface area contributed by atoms with E-state index in [0.717, 1.165) is 32.1 Å². The quantitative estimate of drug-likeness (QED) is 0.0489. The molecule has 0 aliphatic carbocycles. The summed E-state index contributed by atoms with van der Waals surface area (Å²) in [6.45, 7) is 13.6. The maximum atomic E-state index is 12.4. The molecule has 12 nitrogen and oxygen atoms in total. The van der Waals surface area contributed by atoms with Crippen LogP contribution in [0.15, 0.2) is 0 Å². The molecule has 4 unspecified atom stereocenters. The summed E-state index contributed by atoms with van der Waals surface area (Å²) in [5, 5.41) is 2.97. The number of rotatable bonds is 28. The van der Waals surface area contributed by atoms with Gasteiger partial charge in [-0.05, 0) is 80.3 Å². The van der Waals surface area contributed by atoms with Crippen molar-refractivity contribution in [1.29, 1.82) is 0 Å². The fourth-order valence-electron chi connectivity index (χ4n) is 5.02. The van der Waals surface area contributed by atoms with Crippen molar-refractivity contribution in [1.82, 2.24) is 10.2 Å². The molecule has 0 heterocycles. The Morgan fingerprint density at radius 1 is 0.608 bits per heavy atom. The molecule has 51 heavy (non-hydrogen) atoms. The average Bonchev–Trinajstić information content (AvgIpc) is 3.06. The van der Waals surface area contributed by atoms with Crippen LogP contribution in [-0.2, 0) is 42.9 Å². The molecule has 0 saturated carbocycles. The van der Waals surface area contributed by atoms with E-state index in [1.54, 1.807) is 27.8 Å². The maximum absolute atomic E-state index is 12.4. The number of amides is 1. The Morgan fingerprint density at radius 2 is 1.00 bits per heavy atom. The number of hydrogen-bond acceptors (Lipinski definition) is 11. The Morgan fingerprint density at radius 3 is 1.35 bits per heavy atom. The normalized spacial score (nSPS) is 13.5. The van der Waals surface area contributed by atoms with Crippen LogP contribution in [0.4, 0.5) is 4.79 Å². The summed E-state index contributed by atoms with van der Waals surface area (Å²) in [6, 6.07) is 0. The van der Waals surface area contributed by atoms with Gasteiger partial charge in [0.15, 0.2) is 36.0 Å². The molecule has 1 amide bonds. The number of ketones is 2. The van der Waals surface area contributed by atoms with E-state index in [-0.39, 0.29) is 24.5 Å². The number of nitrogens with zero attached hydrogens (tertiary/aromatic N) is 1. The Kier molecular flexibility index (Phi) is 30.7. The summed E-state index contributed by atoms with van der Waals surface area (Å²) in [4.78, 5) is 61.4. The fourth-order valence-corrected chi connectivity index (χ4v) is 5.02. The van der Waals surface area contributed by atoms with Crippen LogP contribution in [-0.4, -0.2) is 106 Å². The van der Waals surface area contributed by atoms with Gasteiger partial charge < -0.3 is 33.9 Å². The summed E-state index contributed by atoms with van der Waals surface area (Å²) >= 11 is 0. The Hall–Kier alpha value is -2.57. The second kappa shape index (κ2) is 31.0. The molecule has 12 heteroatoms. The highest BCUT2D eigenvalue weighted by molar-refractivity contribution is 5.85. The van der Waals surface area contributed by atoms with E-state index in [9.17, 15) is 24.0 Å². The van der Waals surface area contributed by atoms with Crippen molar-refractivity contribution in [2.75, 3.05) is 41.4 Å². The van der Waals surface area contributed by atoms with Crippen LogP contribution >= 0.6 is 0 Å². The number of carbonyl (C=O) groups is 5. The van der Waals surface area contributed by atoms with E-state index in [2.05, 4.69) is 19.2 Å². The molecular weight excluding hydrogens is 656 g/mol. The van der Waals surface area contributed by atoms with Gasteiger partial charge in [-0.15, -0.1) is 0 Å². The SMILES string of the molecule is CCCCCCCCC(OC(=O)C(CCN(C)C(=O)OC(C)(C)C)OC)C(C)=O.CCCCCCCCC(OC(=O)C(CCNC)OC)C(C)=O. The molecule has 1 N–H and O–H groups in total. The number of ether oxygens (including phenoxy) is 5. The molecule has 0 aliphatic rings. The van der Waals surface area contributed by atoms with Crippen LogP contribution in [0, 0.1) is 0 Å². The minimum absolute atomic E-state index is 0.0922. The third kappa shape index (κ3) is 27.7. The third-order valence-electron chi connectivity index (χ3n) is 8.25. The maximum Gasteiger partial charge on any atom is 0.410 e. The summed E-state index contributed by atoms with van der Waals surface area (Å²) in [7, 11) is 6.31. The summed E-state index contributed by atoms with van der Waals surface area (Å²) in [5.41, 5.74) is -0.587. The highest BCUT2D eigenvalue weighted by Crippen LogP contribution is 2.15. The highest BCUT2D eigenvalue weighted by atomic mass is 16.6. The standard InChI is InChI=1S/C22H41NO6.C17H33NO4/c1-8-9-10-11-12-13-14-18(17(2)24)28-20(25)19(27-7)15-16-23(6)21(26)29-22(3,4)5;1-5-6-7-8-9-10-11-15(14(2)19)22-17(20)16(21-4)12-13-18-3/h18-19H,8-16H2,1-7H3;15-16,18H,5-13H2,1-4H3. The number of unbranched alkanes of at least 4 members (excludes halogenated alkanes) is 10. The second-order valence-electron chi connectivity index (χ2n) is 14.2. The lowest BCUT2D eigenvalue weighted by atomic mass is 10.1. The molecule has 0 saturated heterocycles. The van der Waals surface area contributed by atoms with Gasteiger partial charge in [0.1, 0.15) is 5.60 Å². The molecule has 0 rings (SSSR count). The molecule has 300 valence electrons. The lowest BCUT2D eigenvalue weighted by Gasteiger charge is -2.26. The number of hydrogen-bond donors (Lipinski definition) is 1. The number of carbonyl (C=O) groups excluding carboxylic acids is 5. The van der Waals surface area contributed by atoms with Crippen LogP contribution < -0.4 is 5.32 Å². The summed E-state index contributed by atoms with van der Waals surface area (Å²) in [5.74, 6) is -1.27. The van der Waals surface area contributed by atoms with E-state index in [1.807, 2.05) is 7.05 Å². The molecule has 4 atom stereocenters. The van der Waals surface area contributed by atoms with Crippen molar-refractivity contribution in [3.8, 4) is 0 Å². The first-order valence-electron chi connectivity index (χ1n) is 19.1. The van der Waals surface area contributed by atoms with Gasteiger partial charge in [-0.2, -0.15) is 0 Å². The van der Waals surface area contributed by atoms with Crippen molar-refractivity contribution in [2.45, 2.75) is 181 Å². The number of esters is 2. The van der Waals surface area contributed by atoms with Gasteiger partial charge in [-0.25, -0.2) is 14.4 Å². The second-order valence-corrected chi connectivity index (χ2v) is 14.2. The monoisotopic (exact) mass is 731 g/mol. The first kappa shape index (κ1) is 50.5. The Labute approximate surface area is 309 Å². The smallest absolute Gasteiger partial charge is 0.410 e. The number of methoxy groups -OCH3 is 2. The highest BCUT2D eigenvalue weighted by Gasteiger charge is 2.28. The zero-order chi connectivity index (χ0) is 39.2. The lowest BCUT2D eigenvalue weighted by molar-refractivity contribution is -0.165. The van der Waals surface area contributed by atoms with Crippen molar-refractivity contribution >= 4 is 29.6 Å². The van der Waals surface area contributed by atoms with Gasteiger partial charge in [0.05, 0.1) is 0 Å². The molecular formula is C39H74N2O10. The molecule has 0 bridgehead atoms.